The van der Waals surface area contributed by atoms with Crippen molar-refractivity contribution in [3.8, 4) is 22.6 Å². The van der Waals surface area contributed by atoms with E-state index in [1.54, 1.807) is 13.2 Å². The van der Waals surface area contributed by atoms with Gasteiger partial charge in [0.05, 0.1) is 20.2 Å². The van der Waals surface area contributed by atoms with Gasteiger partial charge in [-0.3, -0.25) is 4.90 Å². The van der Waals surface area contributed by atoms with Gasteiger partial charge < -0.3 is 14.6 Å². The van der Waals surface area contributed by atoms with Crippen molar-refractivity contribution >= 4 is 17.7 Å². The van der Waals surface area contributed by atoms with Gasteiger partial charge in [-0.05, 0) is 35.9 Å². The zero-order chi connectivity index (χ0) is 16.2. The first-order chi connectivity index (χ1) is 11.0. The number of likely N-dealkylation sites (tertiary alicyclic amines) is 1. The van der Waals surface area contributed by atoms with Crippen LogP contribution in [0.15, 0.2) is 36.4 Å². The fourth-order valence-electron chi connectivity index (χ4n) is 3.27. The zero-order valence-corrected chi connectivity index (χ0v) is 13.1. The molecule has 0 aromatic heterocycles. The maximum Gasteiger partial charge on any atom is 0.407 e. The first-order valence-electron chi connectivity index (χ1n) is 7.18. The minimum Gasteiger partial charge on any atom is -0.497 e. The smallest absolute Gasteiger partial charge is 0.407 e. The second-order valence-electron chi connectivity index (χ2n) is 5.79. The van der Waals surface area contributed by atoms with Crippen LogP contribution in [0.4, 0.5) is 4.79 Å². The number of nitrogens with zero attached hydrogens (tertiary/aromatic N) is 1. The molecule has 1 N–H and O–H groups in total. The van der Waals surface area contributed by atoms with Gasteiger partial charge in [-0.25, -0.2) is 4.79 Å². The molecule has 0 radical (unpaired) electrons. The van der Waals surface area contributed by atoms with E-state index in [0.29, 0.717) is 10.8 Å². The topological polar surface area (TPSA) is 59.0 Å². The van der Waals surface area contributed by atoms with Crippen LogP contribution in [0.25, 0.3) is 11.1 Å². The Kier molecular flexibility index (Phi) is 2.96. The monoisotopic (exact) mass is 331 g/mol. The molecule has 0 unspecified atom stereocenters. The van der Waals surface area contributed by atoms with Crippen molar-refractivity contribution in [2.45, 2.75) is 5.60 Å². The number of hydrogen-bond donors (Lipinski definition) is 1. The Balaban J connectivity index is 1.87. The third-order valence-electron chi connectivity index (χ3n) is 4.42. The Labute approximate surface area is 138 Å². The molecule has 2 aromatic rings. The molecule has 4 rings (SSSR count). The van der Waals surface area contributed by atoms with E-state index in [9.17, 15) is 4.79 Å². The summed E-state index contributed by atoms with van der Waals surface area (Å²) in [6, 6.07) is 11.3. The summed E-state index contributed by atoms with van der Waals surface area (Å²) in [5.41, 5.74) is 2.24. The van der Waals surface area contributed by atoms with Crippen molar-refractivity contribution in [2.75, 3.05) is 20.2 Å². The molecule has 2 aliphatic heterocycles. The van der Waals surface area contributed by atoms with Crippen molar-refractivity contribution in [1.82, 2.24) is 4.90 Å². The molecule has 2 aliphatic rings. The lowest BCUT2D eigenvalue weighted by molar-refractivity contribution is -0.0709. The summed E-state index contributed by atoms with van der Waals surface area (Å²) in [7, 11) is 1.61. The molecule has 0 saturated carbocycles. The third-order valence-corrected chi connectivity index (χ3v) is 4.65. The first kappa shape index (κ1) is 14.2. The minimum atomic E-state index is -0.944. The number of rotatable bonds is 1. The van der Waals surface area contributed by atoms with E-state index in [2.05, 4.69) is 0 Å². The molecular weight excluding hydrogens is 318 g/mol. The van der Waals surface area contributed by atoms with Gasteiger partial charge in [0.25, 0.3) is 0 Å². The Hall–Kier alpha value is -2.40. The largest absolute Gasteiger partial charge is 0.497 e. The molecule has 0 aliphatic carbocycles. The predicted octanol–water partition coefficient (Wildman–Crippen LogP) is 3.60. The van der Waals surface area contributed by atoms with Crippen LogP contribution < -0.4 is 9.47 Å². The minimum absolute atomic E-state index is 0.286. The van der Waals surface area contributed by atoms with Gasteiger partial charge in [0.15, 0.2) is 5.60 Å². The number of methoxy groups -OCH3 is 1. The van der Waals surface area contributed by atoms with E-state index in [4.69, 9.17) is 26.2 Å². The number of halogens is 1. The third kappa shape index (κ3) is 2.04. The molecular formula is C17H14ClNO4. The number of carbonyl (C=O) groups is 1. The Morgan fingerprint density at radius 3 is 2.70 bits per heavy atom. The molecule has 2 aromatic carbocycles. The quantitative estimate of drug-likeness (QED) is 0.867. The van der Waals surface area contributed by atoms with E-state index in [1.165, 1.54) is 4.90 Å². The highest BCUT2D eigenvalue weighted by Crippen LogP contribution is 2.50. The molecule has 1 amide bonds. The van der Waals surface area contributed by atoms with Crippen LogP contribution in [0.1, 0.15) is 5.56 Å². The van der Waals surface area contributed by atoms with Crippen LogP contribution in [0.2, 0.25) is 5.02 Å². The SMILES string of the molecule is COc1ccc2c(c1)C1(CN(C(=O)O)C1)Oc1cc(Cl)ccc1-2. The molecule has 1 saturated heterocycles. The van der Waals surface area contributed by atoms with Crippen LogP contribution >= 0.6 is 11.6 Å². The molecule has 1 fully saturated rings. The maximum atomic E-state index is 11.2. The molecule has 0 atom stereocenters. The van der Waals surface area contributed by atoms with Crippen LogP contribution in [0.3, 0.4) is 0 Å². The lowest BCUT2D eigenvalue weighted by Gasteiger charge is -2.51. The maximum absolute atomic E-state index is 11.2. The van der Waals surface area contributed by atoms with Gasteiger partial charge in [0.2, 0.25) is 0 Å². The zero-order valence-electron chi connectivity index (χ0n) is 12.4. The molecule has 2 heterocycles. The Morgan fingerprint density at radius 1 is 1.26 bits per heavy atom. The van der Waals surface area contributed by atoms with E-state index >= 15 is 0 Å². The summed E-state index contributed by atoms with van der Waals surface area (Å²) < 4.78 is 11.5. The van der Waals surface area contributed by atoms with Crippen LogP contribution in [-0.2, 0) is 5.60 Å². The Bertz CT molecular complexity index is 814. The van der Waals surface area contributed by atoms with E-state index < -0.39 is 11.7 Å². The summed E-state index contributed by atoms with van der Waals surface area (Å²) in [6.45, 7) is 0.572. The molecule has 1 spiro atoms. The normalized spacial score (nSPS) is 16.9. The summed E-state index contributed by atoms with van der Waals surface area (Å²) in [5.74, 6) is 1.40. The van der Waals surface area contributed by atoms with Crippen molar-refractivity contribution in [3.05, 3.63) is 47.0 Å². The number of fused-ring (bicyclic) bond motifs is 4. The van der Waals surface area contributed by atoms with E-state index in [0.717, 1.165) is 22.4 Å². The lowest BCUT2D eigenvalue weighted by Crippen LogP contribution is -2.64. The average molecular weight is 332 g/mol. The summed E-state index contributed by atoms with van der Waals surface area (Å²) in [4.78, 5) is 12.5. The number of ether oxygens (including phenoxy) is 2. The molecule has 5 nitrogen and oxygen atoms in total. The van der Waals surface area contributed by atoms with E-state index in [1.807, 2.05) is 30.3 Å². The fraction of sp³-hybridized carbons (Fsp3) is 0.235. The standard InChI is InChI=1S/C17H14ClNO4/c1-22-11-3-5-12-13-4-2-10(18)6-15(13)23-17(14(12)7-11)8-19(9-17)16(20)21/h2-7H,8-9H2,1H3,(H,20,21). The number of hydrogen-bond acceptors (Lipinski definition) is 3. The van der Waals surface area contributed by atoms with E-state index in [-0.39, 0.29) is 13.1 Å². The highest BCUT2D eigenvalue weighted by Gasteiger charge is 2.52. The second kappa shape index (κ2) is 4.80. The van der Waals surface area contributed by atoms with Gasteiger partial charge >= 0.3 is 6.09 Å². The summed E-state index contributed by atoms with van der Waals surface area (Å²) in [5, 5.41) is 9.75. The van der Waals surface area contributed by atoms with Crippen LogP contribution in [0, 0.1) is 0 Å². The number of benzene rings is 2. The van der Waals surface area contributed by atoms with Gasteiger partial charge in [-0.1, -0.05) is 17.7 Å². The highest BCUT2D eigenvalue weighted by atomic mass is 35.5. The highest BCUT2D eigenvalue weighted by molar-refractivity contribution is 6.30. The predicted molar refractivity (Wildman–Crippen MR) is 85.3 cm³/mol. The van der Waals surface area contributed by atoms with Crippen molar-refractivity contribution in [2.24, 2.45) is 0 Å². The summed E-state index contributed by atoms with van der Waals surface area (Å²) in [6.07, 6.45) is -0.944. The Morgan fingerprint density at radius 2 is 2.00 bits per heavy atom. The van der Waals surface area contributed by atoms with Crippen molar-refractivity contribution < 1.29 is 19.4 Å². The number of amides is 1. The van der Waals surface area contributed by atoms with Gasteiger partial charge in [0, 0.05) is 16.1 Å². The molecule has 118 valence electrons. The van der Waals surface area contributed by atoms with Gasteiger partial charge in [0.1, 0.15) is 11.5 Å². The van der Waals surface area contributed by atoms with Crippen molar-refractivity contribution in [3.63, 3.8) is 0 Å². The molecule has 23 heavy (non-hydrogen) atoms. The van der Waals surface area contributed by atoms with Crippen molar-refractivity contribution in [1.29, 1.82) is 0 Å². The first-order valence-corrected chi connectivity index (χ1v) is 7.55. The van der Waals surface area contributed by atoms with Gasteiger partial charge in [-0.2, -0.15) is 0 Å². The van der Waals surface area contributed by atoms with Crippen LogP contribution in [0.5, 0.6) is 11.5 Å². The lowest BCUT2D eigenvalue weighted by atomic mass is 9.79. The molecule has 6 heteroatoms. The fourth-order valence-corrected chi connectivity index (χ4v) is 3.43. The summed E-state index contributed by atoms with van der Waals surface area (Å²) >= 11 is 6.08. The average Bonchev–Trinajstić information content (AvgIpc) is 2.50. The van der Waals surface area contributed by atoms with Gasteiger partial charge in [-0.15, -0.1) is 0 Å². The molecule has 0 bridgehead atoms. The number of carboxylic acid groups (broad SMARTS) is 1. The van der Waals surface area contributed by atoms with Crippen LogP contribution in [-0.4, -0.2) is 36.3 Å². The second-order valence-corrected chi connectivity index (χ2v) is 6.22.